The molecule has 0 aliphatic rings. The van der Waals surface area contributed by atoms with E-state index in [0.717, 1.165) is 5.69 Å². The summed E-state index contributed by atoms with van der Waals surface area (Å²) in [7, 11) is 1.28. The number of esters is 1. The van der Waals surface area contributed by atoms with Gasteiger partial charge in [-0.2, -0.15) is 0 Å². The minimum Gasteiger partial charge on any atom is -0.464 e. The summed E-state index contributed by atoms with van der Waals surface area (Å²) in [5, 5.41) is 2.64. The van der Waals surface area contributed by atoms with Crippen molar-refractivity contribution < 1.29 is 14.3 Å². The van der Waals surface area contributed by atoms with Crippen molar-refractivity contribution in [1.29, 1.82) is 0 Å². The number of H-pyrrole nitrogens is 1. The van der Waals surface area contributed by atoms with Crippen molar-refractivity contribution in [3.05, 3.63) is 47.4 Å². The van der Waals surface area contributed by atoms with Crippen molar-refractivity contribution in [2.75, 3.05) is 12.4 Å². The van der Waals surface area contributed by atoms with Crippen molar-refractivity contribution in [2.24, 2.45) is 0 Å². The maximum Gasteiger partial charge on any atom is 0.354 e. The Balaban J connectivity index is 2.12. The molecule has 2 rings (SSSR count). The molecule has 98 valence electrons. The van der Waals surface area contributed by atoms with Gasteiger partial charge in [-0.3, -0.25) is 4.79 Å². The van der Waals surface area contributed by atoms with Gasteiger partial charge in [0.15, 0.2) is 0 Å². The molecule has 0 fully saturated rings. The molecule has 2 aromatic rings. The van der Waals surface area contributed by atoms with E-state index in [9.17, 15) is 9.59 Å². The molecule has 0 aromatic carbocycles. The number of nitrogens with one attached hydrogen (secondary N) is 2. The Morgan fingerprint density at radius 1 is 1.21 bits per heavy atom. The van der Waals surface area contributed by atoms with E-state index >= 15 is 0 Å². The fraction of sp³-hybridized carbons (Fsp3) is 0.154. The fourth-order valence-electron chi connectivity index (χ4n) is 1.55. The van der Waals surface area contributed by atoms with Gasteiger partial charge in [0.05, 0.1) is 7.11 Å². The second-order valence-electron chi connectivity index (χ2n) is 3.90. The van der Waals surface area contributed by atoms with Crippen molar-refractivity contribution in [2.45, 2.75) is 6.92 Å². The van der Waals surface area contributed by atoms with Crippen LogP contribution in [0, 0.1) is 6.92 Å². The van der Waals surface area contributed by atoms with Gasteiger partial charge in [0, 0.05) is 5.69 Å². The molecule has 2 aromatic heterocycles. The van der Waals surface area contributed by atoms with Crippen molar-refractivity contribution in [1.82, 2.24) is 9.97 Å². The molecule has 6 heteroatoms. The molecule has 0 spiro atoms. The number of ether oxygens (including phenoxy) is 1. The highest BCUT2D eigenvalue weighted by molar-refractivity contribution is 6.03. The minimum absolute atomic E-state index is 0.227. The quantitative estimate of drug-likeness (QED) is 0.822. The molecule has 2 N–H and O–H groups in total. The highest BCUT2D eigenvalue weighted by atomic mass is 16.5. The van der Waals surface area contributed by atoms with Crippen LogP contribution in [0.4, 0.5) is 5.82 Å². The highest BCUT2D eigenvalue weighted by Gasteiger charge is 2.13. The van der Waals surface area contributed by atoms with Crippen LogP contribution in [0.5, 0.6) is 0 Å². The first kappa shape index (κ1) is 12.8. The number of hydrogen-bond acceptors (Lipinski definition) is 4. The topological polar surface area (TPSA) is 84.1 Å². The molecule has 0 saturated heterocycles. The van der Waals surface area contributed by atoms with E-state index in [0.29, 0.717) is 5.82 Å². The van der Waals surface area contributed by atoms with E-state index in [-0.39, 0.29) is 17.3 Å². The zero-order valence-electron chi connectivity index (χ0n) is 10.6. The summed E-state index contributed by atoms with van der Waals surface area (Å²) in [4.78, 5) is 30.0. The number of rotatable bonds is 3. The summed E-state index contributed by atoms with van der Waals surface area (Å²) in [5.74, 6) is -0.430. The highest BCUT2D eigenvalue weighted by Crippen LogP contribution is 2.08. The van der Waals surface area contributed by atoms with E-state index < -0.39 is 5.97 Å². The SMILES string of the molecule is COC(=O)c1ccc(C(=O)Nc2cccc(C)n2)[nH]1. The van der Waals surface area contributed by atoms with Crippen molar-refractivity contribution in [3.8, 4) is 0 Å². The Labute approximate surface area is 109 Å². The van der Waals surface area contributed by atoms with Crippen LogP contribution < -0.4 is 5.32 Å². The van der Waals surface area contributed by atoms with Crippen LogP contribution >= 0.6 is 0 Å². The molecule has 0 saturated carbocycles. The normalized spacial score (nSPS) is 10.0. The number of aromatic amines is 1. The van der Waals surface area contributed by atoms with Crippen LogP contribution in [0.2, 0.25) is 0 Å². The van der Waals surface area contributed by atoms with Crippen LogP contribution in [-0.2, 0) is 4.74 Å². The zero-order chi connectivity index (χ0) is 13.8. The number of pyridine rings is 1. The Kier molecular flexibility index (Phi) is 3.61. The maximum atomic E-state index is 11.9. The second-order valence-corrected chi connectivity index (χ2v) is 3.90. The van der Waals surface area contributed by atoms with Gasteiger partial charge in [-0.15, -0.1) is 0 Å². The molecular weight excluding hydrogens is 246 g/mol. The molecule has 0 bridgehead atoms. The minimum atomic E-state index is -0.521. The van der Waals surface area contributed by atoms with Crippen LogP contribution in [-0.4, -0.2) is 29.0 Å². The molecule has 0 unspecified atom stereocenters. The Hall–Kier alpha value is -2.63. The molecule has 0 aliphatic heterocycles. The Bertz CT molecular complexity index is 619. The summed E-state index contributed by atoms with van der Waals surface area (Å²) in [6.07, 6.45) is 0. The smallest absolute Gasteiger partial charge is 0.354 e. The van der Waals surface area contributed by atoms with E-state index in [1.165, 1.54) is 19.2 Å². The Morgan fingerprint density at radius 3 is 2.63 bits per heavy atom. The third-order valence-electron chi connectivity index (χ3n) is 2.47. The molecule has 1 amide bonds. The van der Waals surface area contributed by atoms with E-state index in [1.807, 2.05) is 13.0 Å². The molecule has 0 aliphatic carbocycles. The molecule has 2 heterocycles. The van der Waals surface area contributed by atoms with Gasteiger partial charge < -0.3 is 15.0 Å². The molecule has 0 radical (unpaired) electrons. The lowest BCUT2D eigenvalue weighted by molar-refractivity contribution is 0.0595. The van der Waals surface area contributed by atoms with Gasteiger partial charge in [0.2, 0.25) is 0 Å². The predicted octanol–water partition coefficient (Wildman–Crippen LogP) is 1.76. The number of carbonyl (C=O) groups is 2. The first-order chi connectivity index (χ1) is 9.10. The number of anilines is 1. The zero-order valence-corrected chi connectivity index (χ0v) is 10.6. The standard InChI is InChI=1S/C13H13N3O3/c1-8-4-3-5-11(14-8)16-12(17)9-6-7-10(15-9)13(18)19-2/h3-7,15H,1-2H3,(H,14,16,17). The lowest BCUT2D eigenvalue weighted by Crippen LogP contribution is -2.14. The third-order valence-corrected chi connectivity index (χ3v) is 2.47. The van der Waals surface area contributed by atoms with Gasteiger partial charge >= 0.3 is 5.97 Å². The van der Waals surface area contributed by atoms with E-state index in [1.54, 1.807) is 12.1 Å². The van der Waals surface area contributed by atoms with Crippen molar-refractivity contribution in [3.63, 3.8) is 0 Å². The van der Waals surface area contributed by atoms with Crippen LogP contribution in [0.25, 0.3) is 0 Å². The van der Waals surface area contributed by atoms with Gasteiger partial charge in [0.1, 0.15) is 17.2 Å². The number of nitrogens with zero attached hydrogens (tertiary/aromatic N) is 1. The average Bonchev–Trinajstić information content (AvgIpc) is 2.87. The molecule has 19 heavy (non-hydrogen) atoms. The molecule has 0 atom stereocenters. The number of carbonyl (C=O) groups excluding carboxylic acids is 2. The largest absolute Gasteiger partial charge is 0.464 e. The number of aromatic nitrogens is 2. The van der Waals surface area contributed by atoms with E-state index in [4.69, 9.17) is 0 Å². The summed E-state index contributed by atoms with van der Waals surface area (Å²) in [6.45, 7) is 1.83. The van der Waals surface area contributed by atoms with Gasteiger partial charge in [-0.25, -0.2) is 9.78 Å². The van der Waals surface area contributed by atoms with Crippen LogP contribution in [0.1, 0.15) is 26.7 Å². The molecular formula is C13H13N3O3. The monoisotopic (exact) mass is 259 g/mol. The second kappa shape index (κ2) is 5.34. The van der Waals surface area contributed by atoms with Crippen molar-refractivity contribution >= 4 is 17.7 Å². The predicted molar refractivity (Wildman–Crippen MR) is 69.1 cm³/mol. The van der Waals surface area contributed by atoms with Gasteiger partial charge in [-0.05, 0) is 31.2 Å². The number of methoxy groups -OCH3 is 1. The lowest BCUT2D eigenvalue weighted by atomic mass is 10.3. The van der Waals surface area contributed by atoms with Gasteiger partial charge in [0.25, 0.3) is 5.91 Å². The van der Waals surface area contributed by atoms with Crippen LogP contribution in [0.15, 0.2) is 30.3 Å². The molecule has 6 nitrogen and oxygen atoms in total. The summed E-state index contributed by atoms with van der Waals surface area (Å²) in [5.41, 5.74) is 1.30. The van der Waals surface area contributed by atoms with Crippen LogP contribution in [0.3, 0.4) is 0 Å². The first-order valence-corrected chi connectivity index (χ1v) is 5.62. The van der Waals surface area contributed by atoms with Gasteiger partial charge in [-0.1, -0.05) is 6.07 Å². The van der Waals surface area contributed by atoms with E-state index in [2.05, 4.69) is 20.0 Å². The summed E-state index contributed by atoms with van der Waals surface area (Å²) in [6, 6.07) is 8.32. The summed E-state index contributed by atoms with van der Waals surface area (Å²) < 4.78 is 4.55. The first-order valence-electron chi connectivity index (χ1n) is 5.62. The number of amides is 1. The lowest BCUT2D eigenvalue weighted by Gasteiger charge is -2.03. The maximum absolute atomic E-state index is 11.9. The fourth-order valence-corrected chi connectivity index (χ4v) is 1.55. The third kappa shape index (κ3) is 2.98. The Morgan fingerprint density at radius 2 is 1.95 bits per heavy atom. The number of hydrogen-bond donors (Lipinski definition) is 2. The average molecular weight is 259 g/mol. The number of aryl methyl sites for hydroxylation is 1. The summed E-state index contributed by atoms with van der Waals surface area (Å²) >= 11 is 0.